The van der Waals surface area contributed by atoms with Crippen LogP contribution >= 0.6 is 0 Å². The number of ether oxygens (including phenoxy) is 1. The lowest BCUT2D eigenvalue weighted by Gasteiger charge is -2.36. The van der Waals surface area contributed by atoms with E-state index in [1.165, 1.54) is 0 Å². The Bertz CT molecular complexity index is 1540. The van der Waals surface area contributed by atoms with E-state index in [0.717, 1.165) is 29.9 Å². The average molecular weight is 530 g/mol. The van der Waals surface area contributed by atoms with Gasteiger partial charge in [-0.15, -0.1) is 0 Å². The van der Waals surface area contributed by atoms with Crippen molar-refractivity contribution in [3.8, 4) is 5.75 Å². The molecule has 0 radical (unpaired) electrons. The molecule has 7 nitrogen and oxygen atoms in total. The number of rotatable bonds is 7. The summed E-state index contributed by atoms with van der Waals surface area (Å²) in [7, 11) is -3.61. The van der Waals surface area contributed by atoms with Gasteiger partial charge in [0.15, 0.2) is 9.84 Å². The molecule has 0 unspecified atom stereocenters. The molecule has 1 fully saturated rings. The van der Waals surface area contributed by atoms with Gasteiger partial charge in [0, 0.05) is 55.1 Å². The molecule has 0 spiro atoms. The normalized spacial score (nSPS) is 14.2. The molecule has 0 N–H and O–H groups in total. The van der Waals surface area contributed by atoms with Crippen molar-refractivity contribution < 1.29 is 17.9 Å². The molecule has 0 aliphatic carbocycles. The fraction of sp³-hybridized carbons (Fsp3) is 0.267. The van der Waals surface area contributed by atoms with Crippen LogP contribution in [0.2, 0.25) is 0 Å². The van der Waals surface area contributed by atoms with E-state index in [0.29, 0.717) is 29.7 Å². The second-order valence-electron chi connectivity index (χ2n) is 9.73. The number of hydrogen-bond donors (Lipinski definition) is 0. The lowest BCUT2D eigenvalue weighted by atomic mass is 10.1. The van der Waals surface area contributed by atoms with Gasteiger partial charge in [-0.2, -0.15) is 0 Å². The van der Waals surface area contributed by atoms with Gasteiger partial charge in [0.25, 0.3) is 5.91 Å². The number of carbonyl (C=O) groups is 1. The van der Waals surface area contributed by atoms with Crippen LogP contribution in [0, 0.1) is 0 Å². The zero-order valence-electron chi connectivity index (χ0n) is 21.6. The summed E-state index contributed by atoms with van der Waals surface area (Å²) in [5, 5.41) is 0.784. The topological polar surface area (TPSA) is 79.8 Å². The molecule has 38 heavy (non-hydrogen) atoms. The van der Waals surface area contributed by atoms with Gasteiger partial charge in [-0.3, -0.25) is 9.78 Å². The van der Waals surface area contributed by atoms with Crippen molar-refractivity contribution in [3.05, 3.63) is 96.2 Å². The van der Waals surface area contributed by atoms with Crippen LogP contribution in [0.3, 0.4) is 0 Å². The summed E-state index contributed by atoms with van der Waals surface area (Å²) in [5.41, 5.74) is 2.74. The van der Waals surface area contributed by atoms with Crippen LogP contribution < -0.4 is 9.64 Å². The third kappa shape index (κ3) is 5.65. The SMILES string of the molecule is CC(C)Oc1cccc(N2CCN(C(=O)c3ccc(CS(=O)(=O)c4cccc5cccnc45)cc3)CC2)c1. The lowest BCUT2D eigenvalue weighted by molar-refractivity contribution is 0.0746. The van der Waals surface area contributed by atoms with Gasteiger partial charge in [-0.05, 0) is 55.8 Å². The fourth-order valence-electron chi connectivity index (χ4n) is 4.74. The number of benzene rings is 3. The standard InChI is InChI=1S/C30H31N3O4S/c1-22(2)37-27-9-4-8-26(20-27)32-16-18-33(19-17-32)30(34)25-13-11-23(12-14-25)21-38(35,36)28-10-3-6-24-7-5-15-31-29(24)28/h3-15,20,22H,16-19,21H2,1-2H3. The predicted octanol–water partition coefficient (Wildman–Crippen LogP) is 4.96. The van der Waals surface area contributed by atoms with Gasteiger partial charge in [0.2, 0.25) is 0 Å². The first kappa shape index (κ1) is 25.7. The highest BCUT2D eigenvalue weighted by molar-refractivity contribution is 7.90. The highest BCUT2D eigenvalue weighted by atomic mass is 32.2. The molecular formula is C30H31N3O4S. The molecule has 1 amide bonds. The summed E-state index contributed by atoms with van der Waals surface area (Å²) in [6.07, 6.45) is 1.71. The van der Waals surface area contributed by atoms with Crippen LogP contribution in [0.15, 0.2) is 90.0 Å². The third-order valence-electron chi connectivity index (χ3n) is 6.61. The molecular weight excluding hydrogens is 498 g/mol. The summed E-state index contributed by atoms with van der Waals surface area (Å²) >= 11 is 0. The number of piperazine rings is 1. The maximum absolute atomic E-state index is 13.2. The van der Waals surface area contributed by atoms with E-state index in [2.05, 4.69) is 16.0 Å². The number of carbonyl (C=O) groups excluding carboxylic acids is 1. The maximum Gasteiger partial charge on any atom is 0.253 e. The average Bonchev–Trinajstić information content (AvgIpc) is 2.92. The van der Waals surface area contributed by atoms with Crippen LogP contribution in [-0.4, -0.2) is 56.5 Å². The first-order valence-electron chi connectivity index (χ1n) is 12.8. The van der Waals surface area contributed by atoms with Gasteiger partial charge in [-0.1, -0.05) is 36.4 Å². The van der Waals surface area contributed by atoms with E-state index in [1.807, 2.05) is 49.1 Å². The number of para-hydroxylation sites is 1. The molecule has 0 saturated carbocycles. The minimum absolute atomic E-state index is 0.0470. The zero-order chi connectivity index (χ0) is 26.7. The zero-order valence-corrected chi connectivity index (χ0v) is 22.4. The molecule has 8 heteroatoms. The minimum atomic E-state index is -3.61. The fourth-order valence-corrected chi connectivity index (χ4v) is 6.28. The Morgan fingerprint density at radius 1 is 0.921 bits per heavy atom. The van der Waals surface area contributed by atoms with Gasteiger partial charge < -0.3 is 14.5 Å². The monoisotopic (exact) mass is 529 g/mol. The molecule has 1 aromatic heterocycles. The predicted molar refractivity (Wildman–Crippen MR) is 149 cm³/mol. The first-order chi connectivity index (χ1) is 18.3. The molecule has 1 saturated heterocycles. The number of anilines is 1. The van der Waals surface area contributed by atoms with Gasteiger partial charge in [-0.25, -0.2) is 8.42 Å². The number of hydrogen-bond acceptors (Lipinski definition) is 6. The molecule has 3 aromatic carbocycles. The molecule has 0 bridgehead atoms. The molecule has 0 atom stereocenters. The molecule has 4 aromatic rings. The van der Waals surface area contributed by atoms with E-state index >= 15 is 0 Å². The Morgan fingerprint density at radius 2 is 1.63 bits per heavy atom. The highest BCUT2D eigenvalue weighted by Gasteiger charge is 2.23. The van der Waals surface area contributed by atoms with Gasteiger partial charge in [0.1, 0.15) is 5.75 Å². The second-order valence-corrected chi connectivity index (χ2v) is 11.7. The number of fused-ring (bicyclic) bond motifs is 1. The summed E-state index contributed by atoms with van der Waals surface area (Å²) in [5.74, 6) is 0.638. The van der Waals surface area contributed by atoms with E-state index in [-0.39, 0.29) is 22.7 Å². The van der Waals surface area contributed by atoms with Crippen molar-refractivity contribution >= 4 is 32.3 Å². The van der Waals surface area contributed by atoms with E-state index < -0.39 is 9.84 Å². The largest absolute Gasteiger partial charge is 0.491 e. The van der Waals surface area contributed by atoms with Gasteiger partial charge in [0.05, 0.1) is 22.3 Å². The quantitative estimate of drug-likeness (QED) is 0.337. The molecule has 1 aliphatic heterocycles. The Balaban J connectivity index is 1.22. The van der Waals surface area contributed by atoms with Crippen molar-refractivity contribution in [2.75, 3.05) is 31.1 Å². The van der Waals surface area contributed by atoms with Crippen molar-refractivity contribution in [1.82, 2.24) is 9.88 Å². The number of nitrogens with zero attached hydrogens (tertiary/aromatic N) is 3. The minimum Gasteiger partial charge on any atom is -0.491 e. The number of pyridine rings is 1. The molecule has 196 valence electrons. The first-order valence-corrected chi connectivity index (χ1v) is 14.4. The Hall–Kier alpha value is -3.91. The van der Waals surface area contributed by atoms with Gasteiger partial charge >= 0.3 is 0 Å². The number of aromatic nitrogens is 1. The summed E-state index contributed by atoms with van der Waals surface area (Å²) in [6.45, 7) is 6.69. The summed E-state index contributed by atoms with van der Waals surface area (Å²) in [4.78, 5) is 21.7. The van der Waals surface area contributed by atoms with Crippen LogP contribution in [0.25, 0.3) is 10.9 Å². The second kappa shape index (κ2) is 10.8. The molecule has 2 heterocycles. The Morgan fingerprint density at radius 3 is 2.37 bits per heavy atom. The Kier molecular flexibility index (Phi) is 7.33. The van der Waals surface area contributed by atoms with Crippen LogP contribution in [0.5, 0.6) is 5.75 Å². The van der Waals surface area contributed by atoms with Crippen LogP contribution in [-0.2, 0) is 15.6 Å². The maximum atomic E-state index is 13.2. The van der Waals surface area contributed by atoms with Crippen LogP contribution in [0.4, 0.5) is 5.69 Å². The van der Waals surface area contributed by atoms with E-state index in [1.54, 1.807) is 48.7 Å². The highest BCUT2D eigenvalue weighted by Crippen LogP contribution is 2.26. The van der Waals surface area contributed by atoms with Crippen molar-refractivity contribution in [2.24, 2.45) is 0 Å². The molecule has 5 rings (SSSR count). The summed E-state index contributed by atoms with van der Waals surface area (Å²) in [6, 6.07) is 23.7. The van der Waals surface area contributed by atoms with Crippen LogP contribution in [0.1, 0.15) is 29.8 Å². The smallest absolute Gasteiger partial charge is 0.253 e. The van der Waals surface area contributed by atoms with Crippen molar-refractivity contribution in [1.29, 1.82) is 0 Å². The number of amides is 1. The third-order valence-corrected chi connectivity index (χ3v) is 8.32. The van der Waals surface area contributed by atoms with Crippen molar-refractivity contribution in [3.63, 3.8) is 0 Å². The van der Waals surface area contributed by atoms with Crippen molar-refractivity contribution in [2.45, 2.75) is 30.6 Å². The Labute approximate surface area is 223 Å². The summed E-state index contributed by atoms with van der Waals surface area (Å²) < 4.78 is 32.2. The lowest BCUT2D eigenvalue weighted by Crippen LogP contribution is -2.48. The van der Waals surface area contributed by atoms with E-state index in [9.17, 15) is 13.2 Å². The van der Waals surface area contributed by atoms with E-state index in [4.69, 9.17) is 4.74 Å². The number of sulfone groups is 1. The molecule has 1 aliphatic rings.